The van der Waals surface area contributed by atoms with Gasteiger partial charge in [0.1, 0.15) is 0 Å². The molecule has 2 aromatic rings. The molecule has 0 aliphatic heterocycles. The summed E-state index contributed by atoms with van der Waals surface area (Å²) in [4.78, 5) is 17.4. The molecule has 0 bridgehead atoms. The van der Waals surface area contributed by atoms with Gasteiger partial charge in [0, 0.05) is 28.6 Å². The molecule has 1 amide bonds. The van der Waals surface area contributed by atoms with Crippen molar-refractivity contribution < 1.29 is 9.90 Å². The number of imidazole rings is 1. The second-order valence-corrected chi connectivity index (χ2v) is 6.67. The number of nitrogens with zero attached hydrogens (tertiary/aromatic N) is 2. The van der Waals surface area contributed by atoms with Crippen molar-refractivity contribution in [3.05, 3.63) is 23.0 Å². The van der Waals surface area contributed by atoms with Crippen LogP contribution < -0.4 is 5.32 Å². The minimum Gasteiger partial charge on any atom is -0.395 e. The molecule has 2 N–H and O–H groups in total. The Morgan fingerprint density at radius 3 is 3.05 bits per heavy atom. The van der Waals surface area contributed by atoms with E-state index in [1.54, 1.807) is 11.8 Å². The second-order valence-electron chi connectivity index (χ2n) is 4.75. The maximum atomic E-state index is 12.1. The Hall–Kier alpha value is -1.05. The predicted octanol–water partition coefficient (Wildman–Crippen LogP) is 1.48. The number of fused-ring (bicyclic) bond motifs is 1. The van der Waals surface area contributed by atoms with Gasteiger partial charge in [-0.15, -0.1) is 11.3 Å². The van der Waals surface area contributed by atoms with Gasteiger partial charge >= 0.3 is 0 Å². The zero-order valence-electron chi connectivity index (χ0n) is 11.8. The van der Waals surface area contributed by atoms with Crippen LogP contribution in [0.15, 0.2) is 11.6 Å². The highest BCUT2D eigenvalue weighted by atomic mass is 32.2. The summed E-state index contributed by atoms with van der Waals surface area (Å²) in [6.45, 7) is 3.92. The predicted molar refractivity (Wildman–Crippen MR) is 83.5 cm³/mol. The average Bonchev–Trinajstić information content (AvgIpc) is 2.91. The Morgan fingerprint density at radius 1 is 1.65 bits per heavy atom. The number of rotatable bonds is 6. The van der Waals surface area contributed by atoms with Gasteiger partial charge in [-0.2, -0.15) is 11.8 Å². The Kier molecular flexibility index (Phi) is 5.06. The molecule has 2 rings (SSSR count). The van der Waals surface area contributed by atoms with Crippen LogP contribution >= 0.6 is 23.1 Å². The van der Waals surface area contributed by atoms with E-state index in [0.717, 1.165) is 16.3 Å². The van der Waals surface area contributed by atoms with Gasteiger partial charge in [0.2, 0.25) is 5.91 Å². The number of aliphatic hydroxyl groups excluding tert-OH is 1. The Labute approximate surface area is 126 Å². The molecule has 2 heterocycles. The van der Waals surface area contributed by atoms with Crippen LogP contribution in [0.3, 0.4) is 0 Å². The molecule has 7 heteroatoms. The van der Waals surface area contributed by atoms with Crippen LogP contribution in [0.25, 0.3) is 4.96 Å². The molecule has 2 aromatic heterocycles. The van der Waals surface area contributed by atoms with E-state index in [4.69, 9.17) is 0 Å². The van der Waals surface area contributed by atoms with Crippen LogP contribution in [0.2, 0.25) is 0 Å². The molecule has 0 radical (unpaired) electrons. The number of thioether (sulfide) groups is 1. The van der Waals surface area contributed by atoms with E-state index < -0.39 is 0 Å². The Bertz CT molecular complexity index is 589. The molecule has 5 nitrogen and oxygen atoms in total. The van der Waals surface area contributed by atoms with Crippen molar-refractivity contribution in [3.63, 3.8) is 0 Å². The largest absolute Gasteiger partial charge is 0.395 e. The lowest BCUT2D eigenvalue weighted by molar-refractivity contribution is -0.121. The minimum absolute atomic E-state index is 0.0249. The van der Waals surface area contributed by atoms with Crippen molar-refractivity contribution in [2.45, 2.75) is 31.6 Å². The highest BCUT2D eigenvalue weighted by Crippen LogP contribution is 2.17. The van der Waals surface area contributed by atoms with Crippen molar-refractivity contribution in [1.82, 2.24) is 14.7 Å². The fourth-order valence-corrected chi connectivity index (χ4v) is 3.61. The first-order valence-electron chi connectivity index (χ1n) is 6.40. The summed E-state index contributed by atoms with van der Waals surface area (Å²) in [5.41, 5.74) is 1.90. The van der Waals surface area contributed by atoms with Crippen molar-refractivity contribution in [1.29, 1.82) is 0 Å². The summed E-state index contributed by atoms with van der Waals surface area (Å²) >= 11 is 3.09. The summed E-state index contributed by atoms with van der Waals surface area (Å²) in [6, 6.07) is -0.0545. The molecule has 20 heavy (non-hydrogen) atoms. The van der Waals surface area contributed by atoms with Crippen LogP contribution in [-0.4, -0.2) is 44.6 Å². The SMILES string of the molecule is CSC(CO)C(C)NC(=O)Cc1csc2nc(C)cn12. The van der Waals surface area contributed by atoms with Crippen molar-refractivity contribution in [3.8, 4) is 0 Å². The van der Waals surface area contributed by atoms with Gasteiger partial charge in [-0.25, -0.2) is 4.98 Å². The van der Waals surface area contributed by atoms with Crippen LogP contribution in [0.4, 0.5) is 0 Å². The molecule has 2 atom stereocenters. The maximum absolute atomic E-state index is 12.1. The van der Waals surface area contributed by atoms with Gasteiger partial charge in [0.05, 0.1) is 18.7 Å². The molecule has 2 unspecified atom stereocenters. The third kappa shape index (κ3) is 3.34. The monoisotopic (exact) mass is 313 g/mol. The third-order valence-electron chi connectivity index (χ3n) is 3.17. The molecule has 0 aromatic carbocycles. The molecular weight excluding hydrogens is 294 g/mol. The van der Waals surface area contributed by atoms with E-state index in [9.17, 15) is 9.90 Å². The van der Waals surface area contributed by atoms with E-state index in [1.807, 2.05) is 36.1 Å². The summed E-state index contributed by atoms with van der Waals surface area (Å²) in [5.74, 6) is -0.0314. The van der Waals surface area contributed by atoms with E-state index in [0.29, 0.717) is 6.42 Å². The van der Waals surface area contributed by atoms with E-state index in [2.05, 4.69) is 10.3 Å². The molecule has 0 fully saturated rings. The van der Waals surface area contributed by atoms with E-state index in [1.165, 1.54) is 11.3 Å². The van der Waals surface area contributed by atoms with Gasteiger partial charge in [0.25, 0.3) is 0 Å². The zero-order valence-corrected chi connectivity index (χ0v) is 13.4. The fourth-order valence-electron chi connectivity index (χ4n) is 2.07. The van der Waals surface area contributed by atoms with Crippen LogP contribution in [0.5, 0.6) is 0 Å². The molecule has 0 aliphatic carbocycles. The number of carbonyl (C=O) groups excluding carboxylic acids is 1. The Balaban J connectivity index is 2.00. The van der Waals surface area contributed by atoms with Gasteiger partial charge in [-0.1, -0.05) is 0 Å². The van der Waals surface area contributed by atoms with Gasteiger partial charge in [-0.3, -0.25) is 9.20 Å². The molecular formula is C13H19N3O2S2. The summed E-state index contributed by atoms with van der Waals surface area (Å²) in [6.07, 6.45) is 4.20. The first kappa shape index (κ1) is 15.3. The van der Waals surface area contributed by atoms with Crippen LogP contribution in [0, 0.1) is 6.92 Å². The number of hydrogen-bond acceptors (Lipinski definition) is 5. The number of nitrogens with one attached hydrogen (secondary N) is 1. The molecule has 0 aliphatic rings. The summed E-state index contributed by atoms with van der Waals surface area (Å²) in [5, 5.41) is 14.2. The lowest BCUT2D eigenvalue weighted by Crippen LogP contribution is -2.42. The summed E-state index contributed by atoms with van der Waals surface area (Å²) < 4.78 is 1.96. The Morgan fingerprint density at radius 2 is 2.40 bits per heavy atom. The highest BCUT2D eigenvalue weighted by molar-refractivity contribution is 7.99. The number of amides is 1. The number of aryl methyl sites for hydroxylation is 1. The number of aliphatic hydroxyl groups is 1. The zero-order chi connectivity index (χ0) is 14.7. The summed E-state index contributed by atoms with van der Waals surface area (Å²) in [7, 11) is 0. The minimum atomic E-state index is -0.0545. The molecule has 110 valence electrons. The molecule has 0 saturated carbocycles. The van der Waals surface area contributed by atoms with Gasteiger partial charge in [-0.05, 0) is 20.1 Å². The standard InChI is InChI=1S/C13H19N3O2S2/c1-8-5-16-10(7-20-13(16)14-8)4-12(18)15-9(2)11(6-17)19-3/h5,7,9,11,17H,4,6H2,1-3H3,(H,15,18). The normalized spacial score (nSPS) is 14.4. The van der Waals surface area contributed by atoms with E-state index in [-0.39, 0.29) is 23.8 Å². The van der Waals surface area contributed by atoms with Crippen LogP contribution in [0.1, 0.15) is 18.3 Å². The van der Waals surface area contributed by atoms with Gasteiger partial charge in [0.15, 0.2) is 4.96 Å². The quantitative estimate of drug-likeness (QED) is 0.848. The smallest absolute Gasteiger partial charge is 0.226 e. The second kappa shape index (κ2) is 6.60. The number of carbonyl (C=O) groups is 1. The van der Waals surface area contributed by atoms with Gasteiger partial charge < -0.3 is 10.4 Å². The van der Waals surface area contributed by atoms with E-state index >= 15 is 0 Å². The third-order valence-corrected chi connectivity index (χ3v) is 5.23. The number of hydrogen-bond donors (Lipinski definition) is 2. The maximum Gasteiger partial charge on any atom is 0.226 e. The first-order chi connectivity index (χ1) is 9.55. The topological polar surface area (TPSA) is 66.6 Å². The first-order valence-corrected chi connectivity index (χ1v) is 8.57. The fraction of sp³-hybridized carbons (Fsp3) is 0.538. The van der Waals surface area contributed by atoms with Crippen molar-refractivity contribution in [2.24, 2.45) is 0 Å². The lowest BCUT2D eigenvalue weighted by Gasteiger charge is -2.21. The molecule has 0 spiro atoms. The van der Waals surface area contributed by atoms with Crippen molar-refractivity contribution in [2.75, 3.05) is 12.9 Å². The molecule has 0 saturated heterocycles. The van der Waals surface area contributed by atoms with Crippen LogP contribution in [-0.2, 0) is 11.2 Å². The average molecular weight is 313 g/mol. The highest BCUT2D eigenvalue weighted by Gasteiger charge is 2.18. The number of thiazole rings is 1. The lowest BCUT2D eigenvalue weighted by atomic mass is 10.2. The number of aromatic nitrogens is 2. The van der Waals surface area contributed by atoms with Crippen molar-refractivity contribution >= 4 is 34.0 Å².